The summed E-state index contributed by atoms with van der Waals surface area (Å²) in [6.07, 6.45) is 17.4. The second-order valence-electron chi connectivity index (χ2n) is 7.62. The summed E-state index contributed by atoms with van der Waals surface area (Å²) in [5.74, 6) is 0. The third kappa shape index (κ3) is 6.45. The lowest BCUT2D eigenvalue weighted by molar-refractivity contribution is 0.585. The summed E-state index contributed by atoms with van der Waals surface area (Å²) in [7, 11) is -2.34. The smallest absolute Gasteiger partial charge is 0.107 e. The average molecular weight is 433 g/mol. The third-order valence-corrected chi connectivity index (χ3v) is 8.73. The van der Waals surface area contributed by atoms with Gasteiger partial charge in [-0.15, -0.1) is 6.58 Å². The lowest BCUT2D eigenvalue weighted by Gasteiger charge is -2.23. The molecule has 5 heteroatoms. The van der Waals surface area contributed by atoms with E-state index in [0.717, 1.165) is 35.7 Å². The zero-order valence-electron chi connectivity index (χ0n) is 18.3. The van der Waals surface area contributed by atoms with Crippen molar-refractivity contribution in [1.29, 1.82) is 0 Å². The zero-order valence-corrected chi connectivity index (χ0v) is 19.2. The van der Waals surface area contributed by atoms with Crippen molar-refractivity contribution >= 4 is 23.4 Å². The molecule has 0 saturated heterocycles. The molecule has 0 amide bonds. The second-order valence-corrected chi connectivity index (χ2v) is 10.5. The van der Waals surface area contributed by atoms with E-state index in [2.05, 4.69) is 24.8 Å². The third-order valence-electron chi connectivity index (χ3n) is 5.32. The number of unbranched alkanes of at least 4 members (excludes halogenated alkanes) is 7. The molecule has 0 aliphatic heterocycles. The van der Waals surface area contributed by atoms with Gasteiger partial charge in [-0.25, -0.2) is 0 Å². The van der Waals surface area contributed by atoms with E-state index in [1.165, 1.54) is 38.5 Å². The molecule has 0 radical (unpaired) electrons. The monoisotopic (exact) mass is 432 g/mol. The maximum atomic E-state index is 5.34. The maximum absolute atomic E-state index is 5.34. The predicted molar refractivity (Wildman–Crippen MR) is 133 cm³/mol. The topological polar surface area (TPSA) is 51.0 Å². The van der Waals surface area contributed by atoms with Crippen molar-refractivity contribution in [2.24, 2.45) is 4.74 Å². The van der Waals surface area contributed by atoms with Crippen LogP contribution in [0.4, 0.5) is 0 Å². The molecule has 3 rings (SSSR count). The normalized spacial score (nSPS) is 11.2. The highest BCUT2D eigenvalue weighted by atomic mass is 31.2. The molecular formula is C26H33N4P. The fourth-order valence-electron chi connectivity index (χ4n) is 3.71. The van der Waals surface area contributed by atoms with Gasteiger partial charge in [-0.05, 0) is 55.7 Å². The molecule has 0 spiro atoms. The van der Waals surface area contributed by atoms with Gasteiger partial charge in [0.25, 0.3) is 0 Å². The van der Waals surface area contributed by atoms with Gasteiger partial charge in [-0.3, -0.25) is 19.7 Å². The Balaban J connectivity index is 1.79. The molecule has 4 nitrogen and oxygen atoms in total. The first-order valence-electron chi connectivity index (χ1n) is 11.3. The van der Waals surface area contributed by atoms with Crippen LogP contribution in [-0.2, 0) is 0 Å². The summed E-state index contributed by atoms with van der Waals surface area (Å²) < 4.78 is 5.34. The van der Waals surface area contributed by atoms with Crippen LogP contribution in [0.1, 0.15) is 51.4 Å². The van der Waals surface area contributed by atoms with Crippen LogP contribution in [0.2, 0.25) is 0 Å². The van der Waals surface area contributed by atoms with Crippen LogP contribution >= 0.6 is 7.05 Å². The molecule has 0 bridgehead atoms. The molecule has 0 atom stereocenters. The predicted octanol–water partition coefficient (Wildman–Crippen LogP) is 5.66. The van der Waals surface area contributed by atoms with Gasteiger partial charge in [0.2, 0.25) is 0 Å². The van der Waals surface area contributed by atoms with Gasteiger partial charge < -0.3 is 0 Å². The van der Waals surface area contributed by atoms with E-state index < -0.39 is 7.05 Å². The van der Waals surface area contributed by atoms with Crippen LogP contribution in [0.15, 0.2) is 90.6 Å². The highest BCUT2D eigenvalue weighted by Gasteiger charge is 2.30. The molecule has 3 aromatic rings. The molecule has 31 heavy (non-hydrogen) atoms. The summed E-state index contributed by atoms with van der Waals surface area (Å²) in [6, 6.07) is 18.2. The van der Waals surface area contributed by atoms with Crippen LogP contribution in [0.3, 0.4) is 0 Å². The molecule has 162 valence electrons. The number of hydrogen-bond acceptors (Lipinski definition) is 4. The van der Waals surface area contributed by atoms with E-state index in [4.69, 9.17) is 19.7 Å². The summed E-state index contributed by atoms with van der Waals surface area (Å²) >= 11 is 0. The lowest BCUT2D eigenvalue weighted by Crippen LogP contribution is -2.30. The van der Waals surface area contributed by atoms with Gasteiger partial charge >= 0.3 is 0 Å². The Morgan fingerprint density at radius 3 is 1.52 bits per heavy atom. The number of allylic oxidation sites excluding steroid dienone is 1. The van der Waals surface area contributed by atoms with Gasteiger partial charge in [0.1, 0.15) is 7.05 Å². The average Bonchev–Trinajstić information content (AvgIpc) is 2.84. The Bertz CT molecular complexity index is 839. The Morgan fingerprint density at radius 2 is 1.10 bits per heavy atom. The fraction of sp³-hybridized carbons (Fsp3) is 0.346. The Morgan fingerprint density at radius 1 is 0.645 bits per heavy atom. The molecule has 0 fully saturated rings. The summed E-state index contributed by atoms with van der Waals surface area (Å²) in [4.78, 5) is 14.2. The second kappa shape index (κ2) is 13.0. The molecule has 0 unspecified atom stereocenters. The maximum Gasteiger partial charge on any atom is 0.107 e. The lowest BCUT2D eigenvalue weighted by atomic mass is 10.1. The molecular weight excluding hydrogens is 399 g/mol. The fourth-order valence-corrected chi connectivity index (χ4v) is 6.90. The number of nitrogens with zero attached hydrogens (tertiary/aromatic N) is 4. The van der Waals surface area contributed by atoms with E-state index >= 15 is 0 Å². The van der Waals surface area contributed by atoms with Crippen LogP contribution in [0.25, 0.3) is 0 Å². The van der Waals surface area contributed by atoms with Crippen molar-refractivity contribution in [1.82, 2.24) is 15.0 Å². The van der Waals surface area contributed by atoms with Crippen molar-refractivity contribution in [2.75, 3.05) is 6.54 Å². The van der Waals surface area contributed by atoms with Gasteiger partial charge in [0, 0.05) is 25.1 Å². The molecule has 0 N–H and O–H groups in total. The molecule has 3 aromatic heterocycles. The van der Waals surface area contributed by atoms with E-state index in [9.17, 15) is 0 Å². The highest BCUT2D eigenvalue weighted by molar-refractivity contribution is 7.86. The molecule has 3 heterocycles. The number of pyridine rings is 3. The van der Waals surface area contributed by atoms with Gasteiger partial charge in [-0.2, -0.15) is 0 Å². The molecule has 0 aromatic carbocycles. The highest BCUT2D eigenvalue weighted by Crippen LogP contribution is 2.44. The Labute approximate surface area is 187 Å². The van der Waals surface area contributed by atoms with Crippen molar-refractivity contribution in [3.63, 3.8) is 0 Å². The number of hydrogen-bond donors (Lipinski definition) is 0. The van der Waals surface area contributed by atoms with Gasteiger partial charge in [0.05, 0.1) is 16.3 Å². The SMILES string of the molecule is C=CCCCCCCCCCN=P(c1ccccn1)(c1ccccn1)c1ccccn1. The van der Waals surface area contributed by atoms with Crippen molar-refractivity contribution in [2.45, 2.75) is 51.4 Å². The molecule has 0 aliphatic carbocycles. The minimum atomic E-state index is -2.34. The van der Waals surface area contributed by atoms with Crippen LogP contribution in [-0.4, -0.2) is 21.5 Å². The van der Waals surface area contributed by atoms with Crippen molar-refractivity contribution < 1.29 is 0 Å². The molecule has 0 saturated carbocycles. The van der Waals surface area contributed by atoms with E-state index in [-0.39, 0.29) is 0 Å². The first-order valence-corrected chi connectivity index (χ1v) is 13.1. The summed E-state index contributed by atoms with van der Waals surface area (Å²) in [5.41, 5.74) is 2.90. The standard InChI is InChI=1S/C26H33N4P/c1-2-3-4-5-6-7-8-9-13-23-30-31(24-17-10-14-20-27-24,25-18-11-15-21-28-25)26-19-12-16-22-29-26/h2,10-12,14-22H,1,3-9,13,23H2. The van der Waals surface area contributed by atoms with Crippen LogP contribution in [0, 0.1) is 0 Å². The van der Waals surface area contributed by atoms with Crippen molar-refractivity contribution in [3.05, 3.63) is 85.8 Å². The van der Waals surface area contributed by atoms with Crippen LogP contribution < -0.4 is 16.3 Å². The summed E-state index contributed by atoms with van der Waals surface area (Å²) in [6.45, 7) is 4.59. The zero-order chi connectivity index (χ0) is 21.6. The quantitative estimate of drug-likeness (QED) is 0.199. The van der Waals surface area contributed by atoms with E-state index in [0.29, 0.717) is 0 Å². The van der Waals surface area contributed by atoms with Crippen molar-refractivity contribution in [3.8, 4) is 0 Å². The largest absolute Gasteiger partial charge is 0.285 e. The molecule has 0 aliphatic rings. The first kappa shape index (κ1) is 23.1. The van der Waals surface area contributed by atoms with Crippen LogP contribution in [0.5, 0.6) is 0 Å². The Kier molecular flexibility index (Phi) is 9.66. The minimum absolute atomic E-state index is 0.800. The first-order chi connectivity index (χ1) is 15.4. The number of aromatic nitrogens is 3. The van der Waals surface area contributed by atoms with E-state index in [1.807, 2.05) is 61.1 Å². The summed E-state index contributed by atoms with van der Waals surface area (Å²) in [5, 5.41) is 0. The minimum Gasteiger partial charge on any atom is -0.285 e. The van der Waals surface area contributed by atoms with Gasteiger partial charge in [0.15, 0.2) is 0 Å². The van der Waals surface area contributed by atoms with Gasteiger partial charge in [-0.1, -0.05) is 56.4 Å². The van der Waals surface area contributed by atoms with E-state index in [1.54, 1.807) is 0 Å². The Hall–Kier alpha value is -2.58. The number of rotatable bonds is 13.